The fourth-order valence-corrected chi connectivity index (χ4v) is 3.64. The van der Waals surface area contributed by atoms with Gasteiger partial charge in [0.2, 0.25) is 0 Å². The number of fused-ring (bicyclic) bond motifs is 3. The Morgan fingerprint density at radius 1 is 1.18 bits per heavy atom. The summed E-state index contributed by atoms with van der Waals surface area (Å²) in [6.07, 6.45) is 4.11. The number of ketones is 1. The minimum absolute atomic E-state index is 0. The van der Waals surface area contributed by atoms with E-state index in [2.05, 4.69) is 69.1 Å². The van der Waals surface area contributed by atoms with E-state index in [0.717, 1.165) is 34.2 Å². The fraction of sp³-hybridized carbons (Fsp3) is 0.286. The maximum atomic E-state index is 8.40. The third kappa shape index (κ3) is 6.19. The van der Waals surface area contributed by atoms with Crippen LogP contribution < -0.4 is 0 Å². The molecule has 0 atom stereocenters. The number of rotatable bonds is 3. The maximum absolute atomic E-state index is 8.40. The zero-order chi connectivity index (χ0) is 23.5. The minimum atomic E-state index is 0. The number of carbonyl (C=O) groups excluding carboxylic acids is 1. The van der Waals surface area contributed by atoms with Crippen LogP contribution in [0.2, 0.25) is 0 Å². The number of pyridine rings is 1. The van der Waals surface area contributed by atoms with E-state index in [4.69, 9.17) is 14.3 Å². The molecule has 0 saturated heterocycles. The first-order valence-electron chi connectivity index (χ1n) is 10.8. The molecular formula is C28H31IrNO3. The molecule has 0 amide bonds. The van der Waals surface area contributed by atoms with E-state index in [0.29, 0.717) is 0 Å². The summed E-state index contributed by atoms with van der Waals surface area (Å²) in [6.45, 7) is 11.8. The van der Waals surface area contributed by atoms with Gasteiger partial charge in [-0.25, -0.2) is 0 Å². The summed E-state index contributed by atoms with van der Waals surface area (Å²) in [4.78, 5) is 13.0. The number of furan rings is 1. The number of allylic oxidation sites excluding steroid dienone is 2. The van der Waals surface area contributed by atoms with Crippen LogP contribution >= 0.6 is 0 Å². The van der Waals surface area contributed by atoms with Crippen LogP contribution in [0.25, 0.3) is 33.2 Å². The topological polar surface area (TPSA) is 67.7 Å². The van der Waals surface area contributed by atoms with E-state index in [1.807, 2.05) is 18.3 Å². The fourth-order valence-electron chi connectivity index (χ4n) is 3.64. The first kappa shape index (κ1) is 26.5. The van der Waals surface area contributed by atoms with Gasteiger partial charge in [0.25, 0.3) is 0 Å². The van der Waals surface area contributed by atoms with Crippen LogP contribution in [0.5, 0.6) is 0 Å². The van der Waals surface area contributed by atoms with Crippen LogP contribution in [0.4, 0.5) is 0 Å². The van der Waals surface area contributed by atoms with E-state index >= 15 is 0 Å². The normalized spacial score (nSPS) is 11.6. The Labute approximate surface area is 209 Å². The van der Waals surface area contributed by atoms with Gasteiger partial charge in [-0.1, -0.05) is 69.3 Å². The molecule has 0 aliphatic carbocycles. The van der Waals surface area contributed by atoms with Gasteiger partial charge in [0.05, 0.1) is 24.3 Å². The molecule has 5 heteroatoms. The van der Waals surface area contributed by atoms with E-state index in [-0.39, 0.29) is 37.1 Å². The van der Waals surface area contributed by atoms with Crippen LogP contribution in [-0.2, 0) is 31.9 Å². The standard InChI is InChI=1S/C23H22NO.C5H8O2.Ir/c1-5-15-10-11-17(19-14-16(12-13-24-19)23(2,3)4)22-21(15)18-8-6-7-9-20(18)25-22;1-4(6)3-5(2)7;/h6-10,12-14H,5H2,1-4H3;3,6H,1-2H3;/q-1;;/p+1/b;4-3-;. The van der Waals surface area contributed by atoms with E-state index in [1.54, 1.807) is 0 Å². The van der Waals surface area contributed by atoms with E-state index in [9.17, 15) is 0 Å². The summed E-state index contributed by atoms with van der Waals surface area (Å²) in [5, 5.41) is 10.8. The molecule has 4 nitrogen and oxygen atoms in total. The van der Waals surface area contributed by atoms with Gasteiger partial charge >= 0.3 is 5.78 Å². The van der Waals surface area contributed by atoms with Crippen molar-refractivity contribution in [3.63, 3.8) is 0 Å². The van der Waals surface area contributed by atoms with Gasteiger partial charge in [-0.2, -0.15) is 0 Å². The van der Waals surface area contributed by atoms with Crippen molar-refractivity contribution < 1.29 is 34.4 Å². The molecule has 0 fully saturated rings. The molecule has 2 aromatic carbocycles. The van der Waals surface area contributed by atoms with Crippen LogP contribution in [0.15, 0.2) is 64.9 Å². The van der Waals surface area contributed by atoms with Crippen molar-refractivity contribution in [2.75, 3.05) is 0 Å². The van der Waals surface area contributed by atoms with Gasteiger partial charge in [0, 0.05) is 31.7 Å². The Hall–Kier alpha value is -2.75. The second kappa shape index (κ2) is 10.9. The number of aryl methyl sites for hydroxylation is 1. The average Bonchev–Trinajstić information content (AvgIpc) is 3.12. The number of hydrogen-bond acceptors (Lipinski definition) is 3. The Kier molecular flexibility index (Phi) is 8.76. The third-order valence-electron chi connectivity index (χ3n) is 5.22. The van der Waals surface area contributed by atoms with Crippen molar-refractivity contribution in [3.05, 3.63) is 77.7 Å². The number of benzene rings is 2. The maximum Gasteiger partial charge on any atom is 0.316 e. The van der Waals surface area contributed by atoms with E-state index in [1.165, 1.54) is 36.4 Å². The first-order chi connectivity index (χ1) is 15.1. The second-order valence-electron chi connectivity index (χ2n) is 8.95. The van der Waals surface area contributed by atoms with Crippen LogP contribution in [-0.4, -0.2) is 20.7 Å². The Morgan fingerprint density at radius 3 is 2.45 bits per heavy atom. The molecule has 2 aromatic heterocycles. The van der Waals surface area contributed by atoms with Gasteiger partial charge in [0.1, 0.15) is 5.58 Å². The van der Waals surface area contributed by atoms with Crippen LogP contribution in [0.3, 0.4) is 0 Å². The molecule has 4 rings (SSSR count). The molecule has 0 bridgehead atoms. The van der Waals surface area contributed by atoms with Gasteiger partial charge < -0.3 is 14.5 Å². The summed E-state index contributed by atoms with van der Waals surface area (Å²) >= 11 is 0. The molecule has 0 aliphatic rings. The van der Waals surface area contributed by atoms with Crippen molar-refractivity contribution in [2.45, 2.75) is 53.4 Å². The molecule has 0 unspecified atom stereocenters. The zero-order valence-electron chi connectivity index (χ0n) is 20.0. The average molecular weight is 622 g/mol. The van der Waals surface area contributed by atoms with Crippen molar-refractivity contribution in [3.8, 4) is 11.3 Å². The zero-order valence-corrected chi connectivity index (χ0v) is 22.4. The number of aliphatic hydroxyl groups excluding tert-OH is 1. The Morgan fingerprint density at radius 2 is 1.88 bits per heavy atom. The number of nitrogens with zero attached hydrogens (tertiary/aromatic N) is 1. The summed E-state index contributed by atoms with van der Waals surface area (Å²) in [6, 6.07) is 18.0. The molecule has 1 radical (unpaired) electrons. The summed E-state index contributed by atoms with van der Waals surface area (Å²) in [7, 11) is 0. The summed E-state index contributed by atoms with van der Waals surface area (Å²) in [5.41, 5.74) is 6.26. The molecule has 4 aromatic rings. The van der Waals surface area contributed by atoms with Crippen molar-refractivity contribution in [1.82, 2.24) is 4.98 Å². The van der Waals surface area contributed by atoms with Crippen molar-refractivity contribution in [2.24, 2.45) is 0 Å². The van der Waals surface area contributed by atoms with Crippen molar-refractivity contribution in [1.29, 1.82) is 0 Å². The van der Waals surface area contributed by atoms with Crippen LogP contribution in [0, 0.1) is 6.07 Å². The molecular weight excluding hydrogens is 591 g/mol. The van der Waals surface area contributed by atoms with Crippen LogP contribution in [0.1, 0.15) is 52.7 Å². The first-order valence-corrected chi connectivity index (χ1v) is 10.8. The van der Waals surface area contributed by atoms with E-state index < -0.39 is 0 Å². The summed E-state index contributed by atoms with van der Waals surface area (Å²) in [5.74, 6) is 0.250. The molecule has 33 heavy (non-hydrogen) atoms. The van der Waals surface area contributed by atoms with Crippen molar-refractivity contribution >= 4 is 27.7 Å². The molecule has 2 heterocycles. The summed E-state index contributed by atoms with van der Waals surface area (Å²) < 4.78 is 6.23. The van der Waals surface area contributed by atoms with Gasteiger partial charge in [-0.3, -0.25) is 4.79 Å². The minimum Gasteiger partial charge on any atom is -0.512 e. The number of aromatic nitrogens is 1. The predicted molar refractivity (Wildman–Crippen MR) is 133 cm³/mol. The molecule has 175 valence electrons. The number of para-hydroxylation sites is 1. The molecule has 0 spiro atoms. The second-order valence-corrected chi connectivity index (χ2v) is 8.95. The third-order valence-corrected chi connectivity index (χ3v) is 5.22. The largest absolute Gasteiger partial charge is 0.512 e. The Balaban J connectivity index is 0.000000423. The number of aliphatic hydroxyl groups is 1. The molecule has 2 N–H and O–H groups in total. The monoisotopic (exact) mass is 622 g/mol. The molecule has 0 aliphatic heterocycles. The predicted octanol–water partition coefficient (Wildman–Crippen LogP) is 7.32. The SMILES string of the molecule is CC(=[OH+])/C=C(/C)O.CCc1c[c-]c(-c2cc(C(C)(C)C)ccn2)c2oc3ccccc3c12.[Ir]. The smallest absolute Gasteiger partial charge is 0.316 e. The quantitative estimate of drug-likeness (QED) is 0.113. The number of hydrogen-bond donors (Lipinski definition) is 1. The van der Waals surface area contributed by atoms with Gasteiger partial charge in [-0.05, 0) is 35.7 Å². The van der Waals surface area contributed by atoms with Gasteiger partial charge in [-0.15, -0.1) is 17.7 Å². The molecule has 0 saturated carbocycles. The van der Waals surface area contributed by atoms with Gasteiger partial charge in [0.15, 0.2) is 0 Å². The Bertz CT molecular complexity index is 1290.